The van der Waals surface area contributed by atoms with Gasteiger partial charge >= 0.3 is 0 Å². The van der Waals surface area contributed by atoms with E-state index in [9.17, 15) is 15.0 Å². The van der Waals surface area contributed by atoms with Gasteiger partial charge in [-0.3, -0.25) is 4.79 Å². The minimum absolute atomic E-state index is 0.324. The molecule has 3 N–H and O–H groups in total. The normalized spacial score (nSPS) is 17.4. The molecule has 0 aliphatic carbocycles. The Morgan fingerprint density at radius 1 is 1.43 bits per heavy atom. The Morgan fingerprint density at radius 2 is 2.17 bits per heavy atom. The number of carbonyl (C=O) groups excluding carboxylic acids is 1. The number of nitrogens with one attached hydrogen (secondary N) is 1. The first kappa shape index (κ1) is 15.7. The van der Waals surface area contributed by atoms with E-state index in [4.69, 9.17) is 0 Å². The van der Waals surface area contributed by atoms with Crippen LogP contribution in [0.2, 0.25) is 0 Å². The fourth-order valence-electron chi connectivity index (χ4n) is 2.71. The molecule has 23 heavy (non-hydrogen) atoms. The third-order valence-corrected chi connectivity index (χ3v) is 4.12. The predicted octanol–water partition coefficient (Wildman–Crippen LogP) is -0.199. The molecule has 2 aromatic rings. The molecule has 0 spiro atoms. The number of hydrogen-bond donors (Lipinski definition) is 3. The molecular formula is C15H21N5O3. The molecule has 1 fully saturated rings. The summed E-state index contributed by atoms with van der Waals surface area (Å²) in [5.74, 6) is 0.421. The van der Waals surface area contributed by atoms with E-state index in [1.807, 2.05) is 6.07 Å². The van der Waals surface area contributed by atoms with E-state index in [0.29, 0.717) is 11.2 Å². The van der Waals surface area contributed by atoms with E-state index < -0.39 is 18.1 Å². The second-order valence-corrected chi connectivity index (χ2v) is 5.81. The highest BCUT2D eigenvalue weighted by atomic mass is 16.3. The largest absolute Gasteiger partial charge is 0.394 e. The molecule has 1 aliphatic heterocycles. The van der Waals surface area contributed by atoms with Gasteiger partial charge in [-0.25, -0.2) is 9.50 Å². The summed E-state index contributed by atoms with van der Waals surface area (Å²) in [5.41, 5.74) is 0.791. The van der Waals surface area contributed by atoms with Crippen molar-refractivity contribution in [2.75, 3.05) is 24.6 Å². The zero-order chi connectivity index (χ0) is 16.4. The Hall–Kier alpha value is -2.19. The van der Waals surface area contributed by atoms with Crippen LogP contribution in [0.15, 0.2) is 18.5 Å². The van der Waals surface area contributed by atoms with Gasteiger partial charge in [-0.15, -0.1) is 0 Å². The van der Waals surface area contributed by atoms with Crippen molar-refractivity contribution in [1.82, 2.24) is 19.9 Å². The van der Waals surface area contributed by atoms with Gasteiger partial charge in [0.1, 0.15) is 11.4 Å². The van der Waals surface area contributed by atoms with Crippen molar-refractivity contribution in [2.45, 2.75) is 31.9 Å². The first-order valence-corrected chi connectivity index (χ1v) is 7.79. The maximum absolute atomic E-state index is 12.4. The van der Waals surface area contributed by atoms with Gasteiger partial charge in [0.05, 0.1) is 24.9 Å². The quantitative estimate of drug-likeness (QED) is 0.705. The molecule has 3 heterocycles. The summed E-state index contributed by atoms with van der Waals surface area (Å²) in [4.78, 5) is 19.1. The van der Waals surface area contributed by atoms with E-state index >= 15 is 0 Å². The van der Waals surface area contributed by atoms with Gasteiger partial charge in [-0.05, 0) is 25.8 Å². The smallest absolute Gasteiger partial charge is 0.257 e. The van der Waals surface area contributed by atoms with Crippen LogP contribution in [0.1, 0.15) is 30.1 Å². The number of aliphatic hydroxyl groups is 2. The third kappa shape index (κ3) is 3.13. The van der Waals surface area contributed by atoms with E-state index in [1.54, 1.807) is 10.7 Å². The highest BCUT2D eigenvalue weighted by Gasteiger charge is 2.22. The molecule has 1 aliphatic rings. The lowest BCUT2D eigenvalue weighted by molar-refractivity contribution is 0.0759. The van der Waals surface area contributed by atoms with Crippen LogP contribution >= 0.6 is 0 Å². The van der Waals surface area contributed by atoms with E-state index in [0.717, 1.165) is 31.7 Å². The topological polar surface area (TPSA) is 103 Å². The Balaban J connectivity index is 1.88. The molecule has 3 rings (SSSR count). The van der Waals surface area contributed by atoms with E-state index in [2.05, 4.69) is 20.3 Å². The monoisotopic (exact) mass is 319 g/mol. The van der Waals surface area contributed by atoms with Crippen LogP contribution < -0.4 is 10.2 Å². The maximum atomic E-state index is 12.4. The standard InChI is InChI=1S/C15H21N5O3/c1-10(22)12(9-21)17-15(23)11-8-16-20-7-4-13(18-14(11)20)19-5-2-3-6-19/h4,7-8,10,12,21-22H,2-3,5-6,9H2,1H3,(H,17,23). The number of carbonyl (C=O) groups is 1. The first-order chi connectivity index (χ1) is 11.1. The second kappa shape index (κ2) is 6.51. The number of anilines is 1. The minimum Gasteiger partial charge on any atom is -0.394 e. The zero-order valence-electron chi connectivity index (χ0n) is 13.0. The van der Waals surface area contributed by atoms with Gasteiger partial charge in [0.25, 0.3) is 5.91 Å². The molecular weight excluding hydrogens is 298 g/mol. The molecule has 1 saturated heterocycles. The number of aliphatic hydroxyl groups excluding tert-OH is 2. The number of hydrogen-bond acceptors (Lipinski definition) is 6. The SMILES string of the molecule is CC(O)C(CO)NC(=O)c1cnn2ccc(N3CCCC3)nc12. The molecule has 2 aromatic heterocycles. The van der Waals surface area contributed by atoms with Crippen molar-refractivity contribution < 1.29 is 15.0 Å². The van der Waals surface area contributed by atoms with Crippen LogP contribution in [0.25, 0.3) is 5.65 Å². The first-order valence-electron chi connectivity index (χ1n) is 7.79. The van der Waals surface area contributed by atoms with Crippen molar-refractivity contribution >= 4 is 17.4 Å². The number of nitrogens with zero attached hydrogens (tertiary/aromatic N) is 4. The summed E-state index contributed by atoms with van der Waals surface area (Å²) in [6, 6.07) is 1.17. The molecule has 124 valence electrons. The number of fused-ring (bicyclic) bond motifs is 1. The molecule has 8 heteroatoms. The molecule has 0 aromatic carbocycles. The molecule has 0 radical (unpaired) electrons. The van der Waals surface area contributed by atoms with Crippen LogP contribution in [-0.2, 0) is 0 Å². The minimum atomic E-state index is -0.848. The molecule has 2 atom stereocenters. The third-order valence-electron chi connectivity index (χ3n) is 4.12. The van der Waals surface area contributed by atoms with Crippen molar-refractivity contribution in [3.63, 3.8) is 0 Å². The van der Waals surface area contributed by atoms with Crippen LogP contribution in [0.4, 0.5) is 5.82 Å². The predicted molar refractivity (Wildman–Crippen MR) is 84.5 cm³/mol. The van der Waals surface area contributed by atoms with Crippen molar-refractivity contribution in [3.05, 3.63) is 24.0 Å². The van der Waals surface area contributed by atoms with E-state index in [1.165, 1.54) is 13.1 Å². The average molecular weight is 319 g/mol. The summed E-state index contributed by atoms with van der Waals surface area (Å²) in [6.45, 7) is 3.11. The van der Waals surface area contributed by atoms with Crippen molar-refractivity contribution in [2.24, 2.45) is 0 Å². The lowest BCUT2D eigenvalue weighted by atomic mass is 10.2. The molecule has 0 bridgehead atoms. The van der Waals surface area contributed by atoms with Crippen LogP contribution in [-0.4, -0.2) is 62.6 Å². The van der Waals surface area contributed by atoms with Gasteiger partial charge in [-0.1, -0.05) is 0 Å². The van der Waals surface area contributed by atoms with Crippen LogP contribution in [0.5, 0.6) is 0 Å². The number of amides is 1. The lowest BCUT2D eigenvalue weighted by Crippen LogP contribution is -2.44. The molecule has 1 amide bonds. The lowest BCUT2D eigenvalue weighted by Gasteiger charge is -2.18. The summed E-state index contributed by atoms with van der Waals surface area (Å²) in [6.07, 6.45) is 4.67. The van der Waals surface area contributed by atoms with Crippen molar-refractivity contribution in [1.29, 1.82) is 0 Å². The maximum Gasteiger partial charge on any atom is 0.257 e. The molecule has 8 nitrogen and oxygen atoms in total. The van der Waals surface area contributed by atoms with Crippen LogP contribution in [0, 0.1) is 0 Å². The zero-order valence-corrected chi connectivity index (χ0v) is 13.0. The van der Waals surface area contributed by atoms with Gasteiger partial charge in [-0.2, -0.15) is 5.10 Å². The summed E-state index contributed by atoms with van der Waals surface area (Å²) >= 11 is 0. The number of aromatic nitrogens is 3. The van der Waals surface area contributed by atoms with Gasteiger partial charge < -0.3 is 20.4 Å². The molecule has 2 unspecified atom stereocenters. The fraction of sp³-hybridized carbons (Fsp3) is 0.533. The Bertz CT molecular complexity index is 693. The van der Waals surface area contributed by atoms with Gasteiger partial charge in [0.2, 0.25) is 0 Å². The highest BCUT2D eigenvalue weighted by Crippen LogP contribution is 2.19. The number of rotatable bonds is 5. The van der Waals surface area contributed by atoms with Crippen LogP contribution in [0.3, 0.4) is 0 Å². The summed E-state index contributed by atoms with van der Waals surface area (Å²) < 4.78 is 1.55. The van der Waals surface area contributed by atoms with E-state index in [-0.39, 0.29) is 6.61 Å². The molecule has 0 saturated carbocycles. The van der Waals surface area contributed by atoms with Gasteiger partial charge in [0, 0.05) is 19.3 Å². The summed E-state index contributed by atoms with van der Waals surface area (Å²) in [5, 5.41) is 25.5. The average Bonchev–Trinajstić information content (AvgIpc) is 3.20. The Labute approximate surface area is 133 Å². The Kier molecular flexibility index (Phi) is 4.44. The fourth-order valence-corrected chi connectivity index (χ4v) is 2.71. The van der Waals surface area contributed by atoms with Crippen molar-refractivity contribution in [3.8, 4) is 0 Å². The highest BCUT2D eigenvalue weighted by molar-refractivity contribution is 6.00. The second-order valence-electron chi connectivity index (χ2n) is 5.81. The van der Waals surface area contributed by atoms with Gasteiger partial charge in [0.15, 0.2) is 5.65 Å². The Morgan fingerprint density at radius 3 is 2.83 bits per heavy atom. The summed E-state index contributed by atoms with van der Waals surface area (Å²) in [7, 11) is 0.